The lowest BCUT2D eigenvalue weighted by Crippen LogP contribution is -2.51. The monoisotopic (exact) mass is 423 g/mol. The van der Waals surface area contributed by atoms with Crippen molar-refractivity contribution in [2.75, 3.05) is 10.6 Å². The molecular weight excluding hydrogens is 403 g/mol. The highest BCUT2D eigenvalue weighted by atomic mass is 19.4. The van der Waals surface area contributed by atoms with Crippen molar-refractivity contribution in [2.45, 2.75) is 68.7 Å². The molecule has 6 nitrogen and oxygen atoms in total. The summed E-state index contributed by atoms with van der Waals surface area (Å²) in [5, 5.41) is 15.0. The highest BCUT2D eigenvalue weighted by molar-refractivity contribution is 6.18. The van der Waals surface area contributed by atoms with Crippen LogP contribution in [0.4, 0.5) is 38.2 Å². The first-order valence-corrected chi connectivity index (χ1v) is 9.20. The molecule has 0 aromatic carbocycles. The van der Waals surface area contributed by atoms with Gasteiger partial charge in [-0.3, -0.25) is 0 Å². The van der Waals surface area contributed by atoms with E-state index in [2.05, 4.69) is 25.6 Å². The van der Waals surface area contributed by atoms with Crippen molar-refractivity contribution in [1.29, 1.82) is 0 Å². The van der Waals surface area contributed by atoms with E-state index in [1.807, 2.05) is 0 Å². The first-order valence-electron chi connectivity index (χ1n) is 9.20. The van der Waals surface area contributed by atoms with E-state index >= 15 is 0 Å². The predicted octanol–water partition coefficient (Wildman–Crippen LogP) is 2.63. The van der Waals surface area contributed by atoms with Crippen LogP contribution in [0.15, 0.2) is 5.83 Å². The Labute approximate surface area is 163 Å². The first-order chi connectivity index (χ1) is 13.3. The molecule has 160 valence electrons. The number of aromatic nitrogens is 3. The summed E-state index contributed by atoms with van der Waals surface area (Å²) in [4.78, 5) is 11.7. The summed E-state index contributed by atoms with van der Waals surface area (Å²) in [6.45, 7) is 1.32. The van der Waals surface area contributed by atoms with Crippen LogP contribution < -0.4 is 10.6 Å². The van der Waals surface area contributed by atoms with Crippen LogP contribution in [0.2, 0.25) is 0 Å². The fraction of sp³-hybridized carbons (Fsp3) is 0.688. The maximum Gasteiger partial charge on any atom is 0.408 e. The summed E-state index contributed by atoms with van der Waals surface area (Å²) in [5.41, 5.74) is -3.45. The molecule has 29 heavy (non-hydrogen) atoms. The second-order valence-corrected chi connectivity index (χ2v) is 7.44. The lowest BCUT2D eigenvalue weighted by atomic mass is 9.68. The second-order valence-electron chi connectivity index (χ2n) is 7.44. The van der Waals surface area contributed by atoms with E-state index in [4.69, 9.17) is 0 Å². The fourth-order valence-corrected chi connectivity index (χ4v) is 2.92. The van der Waals surface area contributed by atoms with Gasteiger partial charge in [-0.25, -0.2) is 13.2 Å². The van der Waals surface area contributed by atoms with Crippen molar-refractivity contribution < 1.29 is 31.4 Å². The Morgan fingerprint density at radius 1 is 1.21 bits per heavy atom. The van der Waals surface area contributed by atoms with Crippen LogP contribution in [0.3, 0.4) is 0 Å². The molecule has 0 spiro atoms. The second kappa shape index (κ2) is 7.33. The predicted molar refractivity (Wildman–Crippen MR) is 95.9 cm³/mol. The van der Waals surface area contributed by atoms with Crippen LogP contribution in [0.5, 0.6) is 0 Å². The third-order valence-corrected chi connectivity index (χ3v) is 5.02. The van der Waals surface area contributed by atoms with E-state index in [1.165, 1.54) is 6.92 Å². The first kappa shape index (κ1) is 21.7. The lowest BCUT2D eigenvalue weighted by molar-refractivity contribution is -0.143. The molecule has 3 N–H and O–H groups in total. The van der Waals surface area contributed by atoms with Crippen molar-refractivity contribution in [2.24, 2.45) is 0 Å². The minimum Gasteiger partial charge on any atom is -0.386 e. The van der Waals surface area contributed by atoms with Crippen molar-refractivity contribution in [3.63, 3.8) is 0 Å². The molecule has 13 heteroatoms. The Kier molecular flexibility index (Phi) is 5.48. The van der Waals surface area contributed by atoms with Crippen molar-refractivity contribution >= 4 is 25.3 Å². The molecule has 2 aliphatic rings. The van der Waals surface area contributed by atoms with Gasteiger partial charge in [0.25, 0.3) is 5.92 Å². The van der Waals surface area contributed by atoms with Gasteiger partial charge in [0.15, 0.2) is 13.7 Å². The zero-order valence-electron chi connectivity index (χ0n) is 15.7. The van der Waals surface area contributed by atoms with Crippen LogP contribution in [0.25, 0.3) is 5.57 Å². The van der Waals surface area contributed by atoms with Gasteiger partial charge >= 0.3 is 6.18 Å². The fourth-order valence-electron chi connectivity index (χ4n) is 2.92. The number of aliphatic hydroxyl groups is 1. The molecule has 0 saturated heterocycles. The van der Waals surface area contributed by atoms with Crippen LogP contribution in [-0.4, -0.2) is 57.6 Å². The van der Waals surface area contributed by atoms with Gasteiger partial charge in [-0.15, -0.1) is 0 Å². The number of hydrogen-bond donors (Lipinski definition) is 3. The highest BCUT2D eigenvalue weighted by Gasteiger charge is 2.55. The average Bonchev–Trinajstić information content (AvgIpc) is 3.41. The van der Waals surface area contributed by atoms with Gasteiger partial charge in [0.2, 0.25) is 11.9 Å². The molecule has 0 amide bonds. The van der Waals surface area contributed by atoms with Gasteiger partial charge in [0.1, 0.15) is 17.4 Å². The van der Waals surface area contributed by atoms with Crippen LogP contribution in [-0.2, 0) is 0 Å². The minimum atomic E-state index is -4.58. The summed E-state index contributed by atoms with van der Waals surface area (Å²) in [6, 6.07) is -1.93. The van der Waals surface area contributed by atoms with Crippen molar-refractivity contribution in [3.05, 3.63) is 11.7 Å². The number of nitrogens with zero attached hydrogens (tertiary/aromatic N) is 3. The smallest absolute Gasteiger partial charge is 0.386 e. The average molecular weight is 423 g/mol. The molecule has 1 fully saturated rings. The van der Waals surface area contributed by atoms with E-state index in [0.29, 0.717) is 7.85 Å². The van der Waals surface area contributed by atoms with Gasteiger partial charge in [-0.1, -0.05) is 6.92 Å². The molecule has 1 saturated carbocycles. The highest BCUT2D eigenvalue weighted by Crippen LogP contribution is 2.46. The van der Waals surface area contributed by atoms with Gasteiger partial charge in [0.05, 0.1) is 0 Å². The van der Waals surface area contributed by atoms with Gasteiger partial charge in [-0.05, 0) is 25.7 Å². The Hall–Kier alpha value is -2.05. The van der Waals surface area contributed by atoms with Gasteiger partial charge in [-0.2, -0.15) is 28.1 Å². The maximum absolute atomic E-state index is 14.7. The maximum atomic E-state index is 14.7. The molecule has 2 atom stereocenters. The summed E-state index contributed by atoms with van der Waals surface area (Å²) in [6.07, 6.45) is -4.62. The molecule has 3 rings (SSSR count). The molecule has 1 unspecified atom stereocenters. The number of alkyl halides is 5. The molecule has 0 radical (unpaired) electrons. The third kappa shape index (κ3) is 4.43. The molecule has 1 aromatic rings. The molecule has 0 bridgehead atoms. The number of allylic oxidation sites excluding steroid dienone is 1. The topological polar surface area (TPSA) is 83.0 Å². The Balaban J connectivity index is 2.02. The van der Waals surface area contributed by atoms with E-state index in [1.54, 1.807) is 0 Å². The third-order valence-electron chi connectivity index (χ3n) is 5.02. The summed E-state index contributed by atoms with van der Waals surface area (Å²) in [5.74, 6) is -6.15. The molecule has 1 aromatic heterocycles. The summed E-state index contributed by atoms with van der Waals surface area (Å²) < 4.78 is 81.7. The normalized spacial score (nSPS) is 25.7. The zero-order valence-corrected chi connectivity index (χ0v) is 15.7. The molecule has 1 heterocycles. The van der Waals surface area contributed by atoms with E-state index < -0.39 is 54.1 Å². The molecular formula is C16H20BF6N5O. The van der Waals surface area contributed by atoms with Crippen LogP contribution in [0, 0.1) is 0 Å². The Bertz CT molecular complexity index is 811. The lowest BCUT2D eigenvalue weighted by Gasteiger charge is -2.36. The van der Waals surface area contributed by atoms with E-state index in [9.17, 15) is 31.4 Å². The van der Waals surface area contributed by atoms with Gasteiger partial charge in [0, 0.05) is 18.0 Å². The van der Waals surface area contributed by atoms with Crippen LogP contribution in [0.1, 0.15) is 44.9 Å². The number of nitrogens with one attached hydrogen (secondary N) is 2. The Morgan fingerprint density at radius 2 is 1.83 bits per heavy atom. The number of hydrogen-bond acceptors (Lipinski definition) is 6. The quantitative estimate of drug-likeness (QED) is 0.482. The minimum absolute atomic E-state index is 0.0281. The zero-order chi connectivity index (χ0) is 21.6. The molecule has 0 aliphatic heterocycles. The van der Waals surface area contributed by atoms with Crippen molar-refractivity contribution in [3.8, 4) is 0 Å². The largest absolute Gasteiger partial charge is 0.408 e. The van der Waals surface area contributed by atoms with Gasteiger partial charge < -0.3 is 15.7 Å². The standard InChI is InChI=1S/C16H20BF6N5O/c1-2-9(16(21,22)23)25-13-27-11(26-12(28-13)24-7-3-4-7)8-5-6-14(19,20)15(17,29)10(8)18/h7,9,29H,2-6,17H2,1H3,(H2,24,25,26,27,28)/t9-,15?/m1/s1. The number of rotatable bonds is 6. The van der Waals surface area contributed by atoms with Crippen LogP contribution >= 0.6 is 0 Å². The number of halogens is 6. The SMILES string of the molecule is BC1(O)C(F)=C(c2nc(NC3CC3)nc(N[C@H](CC)C(F)(F)F)n2)CCC1(F)F. The van der Waals surface area contributed by atoms with E-state index in [0.717, 1.165) is 12.8 Å². The number of anilines is 2. The van der Waals surface area contributed by atoms with Crippen molar-refractivity contribution in [1.82, 2.24) is 15.0 Å². The summed E-state index contributed by atoms with van der Waals surface area (Å²) >= 11 is 0. The Morgan fingerprint density at radius 3 is 2.38 bits per heavy atom. The van der Waals surface area contributed by atoms with E-state index in [-0.39, 0.29) is 24.0 Å². The molecule has 2 aliphatic carbocycles. The summed E-state index contributed by atoms with van der Waals surface area (Å²) in [7, 11) is 0.641.